The van der Waals surface area contributed by atoms with Gasteiger partial charge in [0.1, 0.15) is 0 Å². The zero-order valence-electron chi connectivity index (χ0n) is 8.59. The van der Waals surface area contributed by atoms with Gasteiger partial charge >= 0.3 is 12.3 Å². The summed E-state index contributed by atoms with van der Waals surface area (Å²) in [4.78, 5) is 14.3. The molecule has 18 heavy (non-hydrogen) atoms. The van der Waals surface area contributed by atoms with Crippen LogP contribution in [0.4, 0.5) is 13.2 Å². The highest BCUT2D eigenvalue weighted by Crippen LogP contribution is 2.31. The van der Waals surface area contributed by atoms with Crippen molar-refractivity contribution in [1.82, 2.24) is 4.98 Å². The van der Waals surface area contributed by atoms with Crippen molar-refractivity contribution in [2.45, 2.75) is 18.1 Å². The molecule has 0 bridgehead atoms. The summed E-state index contributed by atoms with van der Waals surface area (Å²) >= 11 is 4.75. The number of carboxylic acids is 1. The van der Waals surface area contributed by atoms with Crippen LogP contribution in [0.3, 0.4) is 0 Å². The third kappa shape index (κ3) is 4.26. The number of ether oxygens (including phenoxy) is 1. The van der Waals surface area contributed by atoms with Gasteiger partial charge in [0, 0.05) is 10.9 Å². The molecule has 0 unspecified atom stereocenters. The van der Waals surface area contributed by atoms with Gasteiger partial charge in [0.25, 0.3) is 0 Å². The molecular formula is C9H6BrF3INO3. The van der Waals surface area contributed by atoms with Crippen LogP contribution in [0.5, 0.6) is 5.75 Å². The predicted molar refractivity (Wildman–Crippen MR) is 67.6 cm³/mol. The highest BCUT2D eigenvalue weighted by molar-refractivity contribution is 14.1. The molecule has 0 aliphatic carbocycles. The van der Waals surface area contributed by atoms with Gasteiger partial charge in [-0.3, -0.25) is 9.78 Å². The van der Waals surface area contributed by atoms with Gasteiger partial charge in [-0.2, -0.15) is 0 Å². The second-order valence-electron chi connectivity index (χ2n) is 3.11. The molecular weight excluding hydrogens is 434 g/mol. The number of rotatable bonds is 4. The summed E-state index contributed by atoms with van der Waals surface area (Å²) in [5.74, 6) is -1.54. The predicted octanol–water partition coefficient (Wildman–Crippen LogP) is 3.11. The maximum Gasteiger partial charge on any atom is 0.573 e. The summed E-state index contributed by atoms with van der Waals surface area (Å²) in [5.41, 5.74) is 0.582. The number of carbonyl (C=O) groups is 1. The number of halogens is 5. The van der Waals surface area contributed by atoms with Gasteiger partial charge in [-0.05, 0) is 22.6 Å². The Hall–Kier alpha value is -0.580. The quantitative estimate of drug-likeness (QED) is 0.578. The number of aliphatic carboxylic acids is 1. The fraction of sp³-hybridized carbons (Fsp3) is 0.333. The van der Waals surface area contributed by atoms with Crippen LogP contribution in [-0.2, 0) is 16.5 Å². The average molecular weight is 440 g/mol. The molecule has 1 heterocycles. The molecule has 4 nitrogen and oxygen atoms in total. The first-order valence-electron chi connectivity index (χ1n) is 4.44. The van der Waals surface area contributed by atoms with Crippen molar-refractivity contribution in [3.63, 3.8) is 0 Å². The monoisotopic (exact) mass is 439 g/mol. The van der Waals surface area contributed by atoms with Crippen molar-refractivity contribution in [2.75, 3.05) is 0 Å². The van der Waals surface area contributed by atoms with Crippen molar-refractivity contribution < 1.29 is 27.8 Å². The SMILES string of the molecule is O=C(O)Cc1ncc(OC(F)(F)F)c(I)c1CBr. The maximum atomic E-state index is 12.1. The van der Waals surface area contributed by atoms with Crippen molar-refractivity contribution in [3.8, 4) is 5.75 Å². The van der Waals surface area contributed by atoms with E-state index >= 15 is 0 Å². The molecule has 1 aromatic rings. The van der Waals surface area contributed by atoms with Crippen molar-refractivity contribution in [2.24, 2.45) is 0 Å². The van der Waals surface area contributed by atoms with E-state index in [-0.39, 0.29) is 21.0 Å². The van der Waals surface area contributed by atoms with Crippen LogP contribution in [0.15, 0.2) is 6.20 Å². The van der Waals surface area contributed by atoms with Crippen LogP contribution >= 0.6 is 38.5 Å². The van der Waals surface area contributed by atoms with Crippen LogP contribution in [0.2, 0.25) is 0 Å². The summed E-state index contributed by atoms with van der Waals surface area (Å²) in [5, 5.41) is 8.85. The Kier molecular flexibility index (Phi) is 5.20. The Labute approximate surface area is 122 Å². The van der Waals surface area contributed by atoms with Crippen LogP contribution in [-0.4, -0.2) is 22.4 Å². The van der Waals surface area contributed by atoms with Crippen molar-refractivity contribution >= 4 is 44.5 Å². The molecule has 0 amide bonds. The van der Waals surface area contributed by atoms with E-state index in [0.717, 1.165) is 6.20 Å². The molecule has 0 atom stereocenters. The summed E-state index contributed by atoms with van der Waals surface area (Å²) < 4.78 is 40.3. The van der Waals surface area contributed by atoms with Crippen LogP contribution in [0, 0.1) is 3.57 Å². The fourth-order valence-corrected chi connectivity index (χ4v) is 3.05. The lowest BCUT2D eigenvalue weighted by molar-refractivity contribution is -0.275. The molecule has 0 aliphatic rings. The highest BCUT2D eigenvalue weighted by atomic mass is 127. The number of aromatic nitrogens is 1. The molecule has 0 fully saturated rings. The van der Waals surface area contributed by atoms with E-state index in [0.29, 0.717) is 5.56 Å². The second kappa shape index (κ2) is 6.04. The number of alkyl halides is 4. The standard InChI is InChI=1S/C9H6BrF3INO3/c10-2-4-5(1-7(16)17)15-3-6(8(4)14)18-9(11,12)13/h3H,1-2H2,(H,16,17). The van der Waals surface area contributed by atoms with E-state index in [1.165, 1.54) is 0 Å². The van der Waals surface area contributed by atoms with Gasteiger partial charge in [-0.15, -0.1) is 13.2 Å². The van der Waals surface area contributed by atoms with Gasteiger partial charge in [0.05, 0.1) is 21.9 Å². The van der Waals surface area contributed by atoms with Gasteiger partial charge in [-0.1, -0.05) is 15.9 Å². The van der Waals surface area contributed by atoms with E-state index in [1.54, 1.807) is 22.6 Å². The molecule has 0 aromatic carbocycles. The van der Waals surface area contributed by atoms with E-state index in [4.69, 9.17) is 5.11 Å². The lowest BCUT2D eigenvalue weighted by Gasteiger charge is -2.14. The average Bonchev–Trinajstić information content (AvgIpc) is 2.20. The molecule has 0 radical (unpaired) electrons. The van der Waals surface area contributed by atoms with E-state index in [9.17, 15) is 18.0 Å². The number of carboxylic acid groups (broad SMARTS) is 1. The molecule has 0 saturated carbocycles. The van der Waals surface area contributed by atoms with E-state index in [1.807, 2.05) is 0 Å². The molecule has 9 heteroatoms. The Balaban J connectivity index is 3.15. The minimum absolute atomic E-state index is 0.188. The molecule has 0 saturated heterocycles. The first-order valence-corrected chi connectivity index (χ1v) is 6.64. The van der Waals surface area contributed by atoms with Gasteiger partial charge in [0.15, 0.2) is 5.75 Å². The Morgan fingerprint density at radius 1 is 1.56 bits per heavy atom. The number of pyridine rings is 1. The summed E-state index contributed by atoms with van der Waals surface area (Å²) in [6, 6.07) is 0. The normalized spacial score (nSPS) is 11.4. The number of hydrogen-bond donors (Lipinski definition) is 1. The molecule has 0 aliphatic heterocycles. The highest BCUT2D eigenvalue weighted by Gasteiger charge is 2.32. The van der Waals surface area contributed by atoms with Crippen LogP contribution in [0.25, 0.3) is 0 Å². The molecule has 1 rings (SSSR count). The van der Waals surface area contributed by atoms with Gasteiger partial charge < -0.3 is 9.84 Å². The maximum absolute atomic E-state index is 12.1. The Morgan fingerprint density at radius 3 is 2.61 bits per heavy atom. The largest absolute Gasteiger partial charge is 0.573 e. The van der Waals surface area contributed by atoms with Crippen molar-refractivity contribution in [1.29, 1.82) is 0 Å². The zero-order valence-corrected chi connectivity index (χ0v) is 12.3. The first-order chi connectivity index (χ1) is 8.24. The minimum atomic E-state index is -4.81. The minimum Gasteiger partial charge on any atom is -0.481 e. The molecule has 1 aromatic heterocycles. The van der Waals surface area contributed by atoms with Crippen LogP contribution < -0.4 is 4.74 Å². The zero-order chi connectivity index (χ0) is 13.9. The summed E-state index contributed by atoms with van der Waals surface area (Å²) in [6.07, 6.45) is -4.29. The summed E-state index contributed by atoms with van der Waals surface area (Å²) in [6.45, 7) is 0. The van der Waals surface area contributed by atoms with Crippen LogP contribution in [0.1, 0.15) is 11.3 Å². The smallest absolute Gasteiger partial charge is 0.481 e. The molecule has 1 N–H and O–H groups in total. The third-order valence-corrected chi connectivity index (χ3v) is 3.59. The van der Waals surface area contributed by atoms with Gasteiger partial charge in [-0.25, -0.2) is 0 Å². The molecule has 0 spiro atoms. The Bertz CT molecular complexity index is 467. The van der Waals surface area contributed by atoms with Crippen molar-refractivity contribution in [3.05, 3.63) is 21.0 Å². The summed E-state index contributed by atoms with van der Waals surface area (Å²) in [7, 11) is 0. The third-order valence-electron chi connectivity index (χ3n) is 1.85. The van der Waals surface area contributed by atoms with E-state index < -0.39 is 18.1 Å². The second-order valence-corrected chi connectivity index (χ2v) is 4.75. The number of hydrogen-bond acceptors (Lipinski definition) is 3. The fourth-order valence-electron chi connectivity index (χ4n) is 1.17. The Morgan fingerprint density at radius 2 is 2.17 bits per heavy atom. The topological polar surface area (TPSA) is 59.4 Å². The van der Waals surface area contributed by atoms with E-state index in [2.05, 4.69) is 25.7 Å². The number of nitrogens with zero attached hydrogens (tertiary/aromatic N) is 1. The lowest BCUT2D eigenvalue weighted by Crippen LogP contribution is -2.19. The first kappa shape index (κ1) is 15.5. The lowest BCUT2D eigenvalue weighted by atomic mass is 10.1. The molecule has 100 valence electrons. The van der Waals surface area contributed by atoms with Gasteiger partial charge in [0.2, 0.25) is 0 Å².